The molecule has 0 saturated carbocycles. The van der Waals surface area contributed by atoms with E-state index in [2.05, 4.69) is 128 Å². The third-order valence-electron chi connectivity index (χ3n) is 9.76. The van der Waals surface area contributed by atoms with E-state index in [0.717, 1.165) is 24.0 Å². The fourth-order valence-corrected chi connectivity index (χ4v) is 12.4. The fourth-order valence-electron chi connectivity index (χ4n) is 5.99. The SMILES string of the molecule is CCCCCCCCCCCCOS(=O)(=O)c1ccccc1.Cc1ccc(S(=O)(=O)[O-])cc1.Cc1ccc(S(=O)(=O)[O-])cc1.c1ccc([I+]c2ccccc2)cc1.c1ccc([I+]c2ccccc2)cc1. The molecule has 9 nitrogen and oxygen atoms in total. The molecule has 0 atom stereocenters. The van der Waals surface area contributed by atoms with Crippen molar-refractivity contribution in [3.63, 3.8) is 0 Å². The van der Waals surface area contributed by atoms with Gasteiger partial charge in [0.15, 0.2) is 14.3 Å². The highest BCUT2D eigenvalue weighted by atomic mass is 127. The monoisotopic (exact) mass is 1230 g/mol. The summed E-state index contributed by atoms with van der Waals surface area (Å²) in [6.45, 7) is 6.16. The van der Waals surface area contributed by atoms with Crippen molar-refractivity contribution in [2.24, 2.45) is 0 Å². The summed E-state index contributed by atoms with van der Waals surface area (Å²) in [6.07, 6.45) is 12.3. The van der Waals surface area contributed by atoms with Crippen molar-refractivity contribution in [2.75, 3.05) is 6.61 Å². The number of halogens is 2. The molecule has 0 heterocycles. The lowest BCUT2D eigenvalue weighted by molar-refractivity contribution is -0.597. The molecule has 14 heteroatoms. The van der Waals surface area contributed by atoms with Crippen molar-refractivity contribution < 1.29 is 81.0 Å². The first-order valence-corrected chi connectivity index (χ1v) is 31.6. The molecule has 0 spiro atoms. The van der Waals surface area contributed by atoms with Crippen LogP contribution in [0.4, 0.5) is 0 Å². The molecule has 7 aromatic carbocycles. The second-order valence-electron chi connectivity index (χ2n) is 15.7. The van der Waals surface area contributed by atoms with Crippen LogP contribution in [0, 0.1) is 28.1 Å². The normalized spacial score (nSPS) is 10.9. The van der Waals surface area contributed by atoms with Crippen molar-refractivity contribution in [1.29, 1.82) is 0 Å². The molecule has 0 aliphatic heterocycles. The maximum absolute atomic E-state index is 11.9. The second-order valence-corrected chi connectivity index (χ2v) is 26.1. The predicted octanol–water partition coefficient (Wildman–Crippen LogP) is 6.74. The van der Waals surface area contributed by atoms with Crippen molar-refractivity contribution in [3.05, 3.63) is 226 Å². The molecule has 0 aliphatic rings. The molecular formula is C56H64I2O9S3. The van der Waals surface area contributed by atoms with Gasteiger partial charge in [0.05, 0.1) is 21.3 Å². The minimum Gasteiger partial charge on any atom is -0.744 e. The molecule has 0 unspecified atom stereocenters. The number of benzene rings is 7. The van der Waals surface area contributed by atoms with Gasteiger partial charge < -0.3 is 9.11 Å². The van der Waals surface area contributed by atoms with E-state index in [0.29, 0.717) is 0 Å². The summed E-state index contributed by atoms with van der Waals surface area (Å²) in [5.41, 5.74) is 1.86. The van der Waals surface area contributed by atoms with Gasteiger partial charge in [-0.25, -0.2) is 16.8 Å². The summed E-state index contributed by atoms with van der Waals surface area (Å²) in [4.78, 5) is -0.117. The van der Waals surface area contributed by atoms with Crippen LogP contribution < -0.4 is 42.4 Å². The number of aryl methyl sites for hydroxylation is 2. The van der Waals surface area contributed by atoms with Gasteiger partial charge in [0.2, 0.25) is 0 Å². The van der Waals surface area contributed by atoms with Crippen LogP contribution in [0.2, 0.25) is 0 Å². The Morgan fingerprint density at radius 2 is 0.629 bits per heavy atom. The highest BCUT2D eigenvalue weighted by molar-refractivity contribution is 7.87. The van der Waals surface area contributed by atoms with Crippen LogP contribution >= 0.6 is 0 Å². The van der Waals surface area contributed by atoms with E-state index in [-0.39, 0.29) is 63.7 Å². The van der Waals surface area contributed by atoms with E-state index in [9.17, 15) is 34.4 Å². The van der Waals surface area contributed by atoms with Crippen LogP contribution in [0.15, 0.2) is 215 Å². The molecule has 7 aromatic rings. The van der Waals surface area contributed by atoms with Crippen molar-refractivity contribution in [1.82, 2.24) is 0 Å². The van der Waals surface area contributed by atoms with Crippen LogP contribution in [0.3, 0.4) is 0 Å². The zero-order valence-corrected chi connectivity index (χ0v) is 46.8. The number of hydrogen-bond donors (Lipinski definition) is 0. The van der Waals surface area contributed by atoms with Crippen LogP contribution in [-0.4, -0.2) is 41.0 Å². The van der Waals surface area contributed by atoms with Crippen molar-refractivity contribution in [2.45, 2.75) is 99.7 Å². The quantitative estimate of drug-likeness (QED) is 0.0370. The van der Waals surface area contributed by atoms with E-state index >= 15 is 0 Å². The predicted molar refractivity (Wildman–Crippen MR) is 270 cm³/mol. The Balaban J connectivity index is 0.000000238. The molecule has 0 bridgehead atoms. The maximum Gasteiger partial charge on any atom is 0.357 e. The molecule has 0 N–H and O–H groups in total. The summed E-state index contributed by atoms with van der Waals surface area (Å²) >= 11 is 0.0574. The van der Waals surface area contributed by atoms with E-state index in [1.807, 2.05) is 13.8 Å². The highest BCUT2D eigenvalue weighted by Crippen LogP contribution is 2.14. The van der Waals surface area contributed by atoms with Gasteiger partial charge in [-0.05, 0) is 105 Å². The molecule has 0 aromatic heterocycles. The number of rotatable bonds is 19. The lowest BCUT2D eigenvalue weighted by atomic mass is 10.1. The Kier molecular flexibility index (Phi) is 29.3. The van der Waals surface area contributed by atoms with Crippen LogP contribution in [0.5, 0.6) is 0 Å². The number of hydrogen-bond acceptors (Lipinski definition) is 9. The van der Waals surface area contributed by atoms with E-state index in [1.165, 1.54) is 89.9 Å². The van der Waals surface area contributed by atoms with Crippen LogP contribution in [-0.2, 0) is 34.5 Å². The molecule has 0 radical (unpaired) electrons. The number of unbranched alkanes of at least 4 members (excludes halogenated alkanes) is 9. The molecule has 70 heavy (non-hydrogen) atoms. The third kappa shape index (κ3) is 27.4. The molecule has 0 fully saturated rings. The van der Waals surface area contributed by atoms with Gasteiger partial charge >= 0.3 is 42.4 Å². The topological polar surface area (TPSA) is 158 Å². The summed E-state index contributed by atoms with van der Waals surface area (Å²) in [6, 6.07) is 62.7. The first-order chi connectivity index (χ1) is 33.6. The Bertz CT molecular complexity index is 2540. The van der Waals surface area contributed by atoms with Gasteiger partial charge in [-0.15, -0.1) is 0 Å². The zero-order valence-electron chi connectivity index (χ0n) is 40.0. The van der Waals surface area contributed by atoms with Crippen molar-refractivity contribution >= 4 is 30.4 Å². The Hall–Kier alpha value is -4.27. The Morgan fingerprint density at radius 1 is 0.357 bits per heavy atom. The standard InChI is InChI=1S/C18H30O3S.2C12H10I.2C7H8O3S/c1-2-3-4-5-6-7-8-9-10-14-17-21-22(19,20)18-15-12-11-13-16-18;2*1-3-7-11(8-4-1)13-12-9-5-2-6-10-12;2*1-6-2-4-7(5-3-6)11(8,9)10/h11-13,15-16H,2-10,14,17H2,1H3;2*1-10H;2*2-5H,1H3,(H,8,9,10)/q;2*+1;;/p-2. The van der Waals surface area contributed by atoms with E-state index in [4.69, 9.17) is 4.18 Å². The van der Waals surface area contributed by atoms with Crippen LogP contribution in [0.25, 0.3) is 0 Å². The summed E-state index contributed by atoms with van der Waals surface area (Å²) in [5.74, 6) is 0. The van der Waals surface area contributed by atoms with Gasteiger partial charge in [0.25, 0.3) is 10.1 Å². The lowest BCUT2D eigenvalue weighted by Gasteiger charge is -2.05. The Labute approximate surface area is 439 Å². The maximum atomic E-state index is 11.9. The van der Waals surface area contributed by atoms with E-state index < -0.39 is 30.4 Å². The van der Waals surface area contributed by atoms with Gasteiger partial charge in [0, 0.05) is 0 Å². The molecule has 0 aliphatic carbocycles. The Morgan fingerprint density at radius 3 is 0.914 bits per heavy atom. The minimum absolute atomic E-state index is 0.0287. The molecule has 0 amide bonds. The summed E-state index contributed by atoms with van der Waals surface area (Å²) in [5, 5.41) is 0. The fraction of sp³-hybridized carbons (Fsp3) is 0.250. The van der Waals surface area contributed by atoms with E-state index in [1.54, 1.807) is 54.6 Å². The largest absolute Gasteiger partial charge is 0.744 e. The van der Waals surface area contributed by atoms with Gasteiger partial charge in [-0.1, -0.05) is 191 Å². The average Bonchev–Trinajstić information content (AvgIpc) is 3.35. The first kappa shape index (κ1) is 60.0. The summed E-state index contributed by atoms with van der Waals surface area (Å²) in [7, 11) is -12.1. The van der Waals surface area contributed by atoms with Crippen molar-refractivity contribution in [3.8, 4) is 0 Å². The average molecular weight is 1230 g/mol. The zero-order chi connectivity index (χ0) is 50.9. The van der Waals surface area contributed by atoms with Crippen LogP contribution in [0.1, 0.15) is 82.3 Å². The van der Waals surface area contributed by atoms with Gasteiger partial charge in [-0.3, -0.25) is 4.18 Å². The highest BCUT2D eigenvalue weighted by Gasteiger charge is 2.15. The lowest BCUT2D eigenvalue weighted by Crippen LogP contribution is -3.61. The molecule has 7 rings (SSSR count). The second kappa shape index (κ2) is 34.2. The van der Waals surface area contributed by atoms with Gasteiger partial charge in [0.1, 0.15) is 20.2 Å². The summed E-state index contributed by atoms with van der Waals surface area (Å²) < 4.78 is 97.0. The smallest absolute Gasteiger partial charge is 0.357 e. The minimum atomic E-state index is -4.27. The first-order valence-electron chi connectivity index (χ1n) is 23.1. The third-order valence-corrected chi connectivity index (χ3v) is 18.1. The van der Waals surface area contributed by atoms with Gasteiger partial charge in [-0.2, -0.15) is 8.42 Å². The molecular weight excluding hydrogens is 1170 g/mol. The molecule has 374 valence electrons. The molecule has 0 saturated heterocycles.